The van der Waals surface area contributed by atoms with Crippen LogP contribution in [0.25, 0.3) is 6.08 Å². The van der Waals surface area contributed by atoms with Crippen LogP contribution in [0, 0.1) is 0 Å². The van der Waals surface area contributed by atoms with Crippen molar-refractivity contribution in [3.63, 3.8) is 0 Å². The number of hydrogen-bond acceptors (Lipinski definition) is 4. The maximum Gasteiger partial charge on any atom is 0.338 e. The lowest BCUT2D eigenvalue weighted by atomic mass is 10.0. The number of ether oxygens (including phenoxy) is 2. The molecule has 0 aromatic heterocycles. The van der Waals surface area contributed by atoms with E-state index in [0.717, 1.165) is 11.3 Å². The third kappa shape index (κ3) is 4.10. The zero-order valence-corrected chi connectivity index (χ0v) is 14.2. The fraction of sp³-hybridized carbons (Fsp3) is 0.294. The molecule has 0 radical (unpaired) electrons. The molecule has 0 aliphatic carbocycles. The van der Waals surface area contributed by atoms with Crippen molar-refractivity contribution >= 4 is 29.4 Å². The molecule has 0 saturated heterocycles. The Balaban J connectivity index is 2.31. The highest BCUT2D eigenvalue weighted by atomic mass is 32.1. The Labute approximate surface area is 141 Å². The van der Waals surface area contributed by atoms with Crippen LogP contribution >= 0.6 is 12.2 Å². The summed E-state index contributed by atoms with van der Waals surface area (Å²) in [7, 11) is 1.62. The van der Waals surface area contributed by atoms with Crippen molar-refractivity contribution in [2.24, 2.45) is 0 Å². The highest BCUT2D eigenvalue weighted by Crippen LogP contribution is 2.21. The molecule has 1 aliphatic rings. The molecule has 1 atom stereocenters. The van der Waals surface area contributed by atoms with E-state index in [0.29, 0.717) is 23.0 Å². The van der Waals surface area contributed by atoms with Crippen LogP contribution in [0.4, 0.5) is 0 Å². The van der Waals surface area contributed by atoms with Gasteiger partial charge in [0.05, 0.1) is 25.3 Å². The summed E-state index contributed by atoms with van der Waals surface area (Å²) in [5.74, 6) is 0.404. The minimum atomic E-state index is -0.359. The van der Waals surface area contributed by atoms with E-state index >= 15 is 0 Å². The molecule has 1 aromatic rings. The molecule has 1 unspecified atom stereocenters. The van der Waals surface area contributed by atoms with Gasteiger partial charge in [-0.15, -0.1) is 0 Å². The zero-order chi connectivity index (χ0) is 16.8. The maximum atomic E-state index is 12.2. The summed E-state index contributed by atoms with van der Waals surface area (Å²) >= 11 is 5.18. The zero-order valence-electron chi connectivity index (χ0n) is 13.4. The molecule has 5 nitrogen and oxygen atoms in total. The van der Waals surface area contributed by atoms with Crippen molar-refractivity contribution in [1.82, 2.24) is 10.6 Å². The lowest BCUT2D eigenvalue weighted by molar-refractivity contribution is -0.138. The van der Waals surface area contributed by atoms with Crippen LogP contribution in [0.3, 0.4) is 0 Å². The normalized spacial score (nSPS) is 17.7. The number of rotatable bonds is 5. The monoisotopic (exact) mass is 332 g/mol. The number of esters is 1. The van der Waals surface area contributed by atoms with Gasteiger partial charge in [-0.3, -0.25) is 0 Å². The first-order chi connectivity index (χ1) is 11.1. The number of methoxy groups -OCH3 is 1. The molecule has 0 fully saturated rings. The predicted octanol–water partition coefficient (Wildman–Crippen LogP) is 2.39. The molecule has 6 heteroatoms. The number of benzene rings is 1. The van der Waals surface area contributed by atoms with E-state index in [4.69, 9.17) is 21.7 Å². The topological polar surface area (TPSA) is 59.6 Å². The Morgan fingerprint density at radius 3 is 2.83 bits per heavy atom. The summed E-state index contributed by atoms with van der Waals surface area (Å²) < 4.78 is 10.5. The number of para-hydroxylation sites is 1. The van der Waals surface area contributed by atoms with Gasteiger partial charge in [0, 0.05) is 11.3 Å². The van der Waals surface area contributed by atoms with Gasteiger partial charge < -0.3 is 20.1 Å². The second kappa shape index (κ2) is 7.78. The highest BCUT2D eigenvalue weighted by molar-refractivity contribution is 7.80. The van der Waals surface area contributed by atoms with Gasteiger partial charge in [0.25, 0.3) is 0 Å². The number of hydrogen-bond donors (Lipinski definition) is 2. The molecular formula is C17H20N2O3S. The fourth-order valence-corrected chi connectivity index (χ4v) is 2.64. The number of thiocarbonyl (C=S) groups is 1. The number of allylic oxidation sites excluding steroid dienone is 1. The first-order valence-corrected chi connectivity index (χ1v) is 7.74. The molecule has 1 heterocycles. The van der Waals surface area contributed by atoms with Gasteiger partial charge in [-0.2, -0.15) is 0 Å². The summed E-state index contributed by atoms with van der Waals surface area (Å²) in [6.07, 6.45) is 3.78. The smallest absolute Gasteiger partial charge is 0.338 e. The number of nitrogens with one attached hydrogen (secondary N) is 2. The van der Waals surface area contributed by atoms with Crippen molar-refractivity contribution in [3.05, 3.63) is 47.2 Å². The van der Waals surface area contributed by atoms with Gasteiger partial charge in [-0.1, -0.05) is 30.4 Å². The van der Waals surface area contributed by atoms with Crippen molar-refractivity contribution in [2.45, 2.75) is 19.9 Å². The van der Waals surface area contributed by atoms with Crippen molar-refractivity contribution in [3.8, 4) is 5.75 Å². The van der Waals surface area contributed by atoms with Crippen molar-refractivity contribution in [2.75, 3.05) is 13.7 Å². The van der Waals surface area contributed by atoms with Gasteiger partial charge in [0.1, 0.15) is 5.75 Å². The van der Waals surface area contributed by atoms with Crippen molar-refractivity contribution in [1.29, 1.82) is 0 Å². The average Bonchev–Trinajstić information content (AvgIpc) is 2.52. The summed E-state index contributed by atoms with van der Waals surface area (Å²) in [5, 5.41) is 6.51. The van der Waals surface area contributed by atoms with Crippen LogP contribution in [0.1, 0.15) is 19.4 Å². The molecule has 2 N–H and O–H groups in total. The van der Waals surface area contributed by atoms with E-state index in [-0.39, 0.29) is 12.0 Å². The first kappa shape index (κ1) is 17.0. The van der Waals surface area contributed by atoms with Crippen molar-refractivity contribution < 1.29 is 14.3 Å². The SMILES string of the molecule is CCOC(=O)C1=C(C)NC(=S)NC1C=Cc1ccccc1OC. The van der Waals surface area contributed by atoms with Crippen LogP contribution in [0.5, 0.6) is 5.75 Å². The number of carbonyl (C=O) groups excluding carboxylic acids is 1. The Bertz CT molecular complexity index is 668. The van der Waals surface area contributed by atoms with Gasteiger partial charge in [0.15, 0.2) is 5.11 Å². The van der Waals surface area contributed by atoms with Gasteiger partial charge in [-0.05, 0) is 32.1 Å². The molecule has 0 spiro atoms. The molecule has 2 rings (SSSR count). The minimum Gasteiger partial charge on any atom is -0.496 e. The van der Waals surface area contributed by atoms with Crippen LogP contribution in [0.15, 0.2) is 41.6 Å². The molecular weight excluding hydrogens is 312 g/mol. The second-order valence-electron chi connectivity index (χ2n) is 4.94. The van der Waals surface area contributed by atoms with Crippen LogP contribution in [0.2, 0.25) is 0 Å². The molecule has 0 amide bonds. The summed E-state index contributed by atoms with van der Waals surface area (Å²) in [5.41, 5.74) is 2.13. The molecule has 23 heavy (non-hydrogen) atoms. The third-order valence-corrected chi connectivity index (χ3v) is 3.63. The standard InChI is InChI=1S/C17H20N2O3S/c1-4-22-16(20)15-11(2)18-17(23)19-13(15)10-9-12-7-5-6-8-14(12)21-3/h5-10,13H,4H2,1-3H3,(H2,18,19,23). The van der Waals surface area contributed by atoms with E-state index in [1.807, 2.05) is 43.3 Å². The molecule has 1 aliphatic heterocycles. The van der Waals surface area contributed by atoms with Crippen LogP contribution < -0.4 is 15.4 Å². The van der Waals surface area contributed by atoms with Crippen LogP contribution in [-0.2, 0) is 9.53 Å². The lowest BCUT2D eigenvalue weighted by Crippen LogP contribution is -2.48. The average molecular weight is 332 g/mol. The van der Waals surface area contributed by atoms with E-state index < -0.39 is 0 Å². The van der Waals surface area contributed by atoms with E-state index in [9.17, 15) is 4.79 Å². The van der Waals surface area contributed by atoms with E-state index in [2.05, 4.69) is 10.6 Å². The molecule has 122 valence electrons. The quantitative estimate of drug-likeness (QED) is 0.638. The Morgan fingerprint density at radius 2 is 2.13 bits per heavy atom. The maximum absolute atomic E-state index is 12.2. The Hall–Kier alpha value is -2.34. The molecule has 0 bridgehead atoms. The predicted molar refractivity (Wildman–Crippen MR) is 94.0 cm³/mol. The molecule has 0 saturated carbocycles. The highest BCUT2D eigenvalue weighted by Gasteiger charge is 2.27. The van der Waals surface area contributed by atoms with E-state index in [1.54, 1.807) is 14.0 Å². The summed E-state index contributed by atoms with van der Waals surface area (Å²) in [6.45, 7) is 3.91. The number of carbonyl (C=O) groups is 1. The van der Waals surface area contributed by atoms with E-state index in [1.165, 1.54) is 0 Å². The van der Waals surface area contributed by atoms with Gasteiger partial charge in [0.2, 0.25) is 0 Å². The summed E-state index contributed by atoms with van der Waals surface area (Å²) in [4.78, 5) is 12.2. The largest absolute Gasteiger partial charge is 0.496 e. The second-order valence-corrected chi connectivity index (χ2v) is 5.34. The summed E-state index contributed by atoms with van der Waals surface area (Å²) in [6, 6.07) is 7.30. The Morgan fingerprint density at radius 1 is 1.39 bits per heavy atom. The Kier molecular flexibility index (Phi) is 5.76. The van der Waals surface area contributed by atoms with Gasteiger partial charge in [-0.25, -0.2) is 4.79 Å². The molecule has 1 aromatic carbocycles. The lowest BCUT2D eigenvalue weighted by Gasteiger charge is -2.27. The van der Waals surface area contributed by atoms with Crippen LogP contribution in [-0.4, -0.2) is 30.8 Å². The third-order valence-electron chi connectivity index (χ3n) is 3.41. The minimum absolute atomic E-state index is 0.322. The first-order valence-electron chi connectivity index (χ1n) is 7.33. The van der Waals surface area contributed by atoms with Gasteiger partial charge >= 0.3 is 5.97 Å². The fourth-order valence-electron chi connectivity index (χ4n) is 2.36.